The molecule has 92 valence electrons. The van der Waals surface area contributed by atoms with Gasteiger partial charge in [-0.1, -0.05) is 22.0 Å². The van der Waals surface area contributed by atoms with Crippen LogP contribution in [0.4, 0.5) is 0 Å². The molecule has 3 nitrogen and oxygen atoms in total. The van der Waals surface area contributed by atoms with E-state index in [2.05, 4.69) is 39.4 Å². The monoisotopic (exact) mass is 297 g/mol. The molecule has 0 bridgehead atoms. The Bertz CT molecular complexity index is 420. The molecule has 1 unspecified atom stereocenters. The average molecular weight is 298 g/mol. The van der Waals surface area contributed by atoms with Crippen LogP contribution in [0.5, 0.6) is 0 Å². The van der Waals surface area contributed by atoms with Crippen LogP contribution in [0.15, 0.2) is 22.7 Å². The van der Waals surface area contributed by atoms with Crippen molar-refractivity contribution in [3.63, 3.8) is 0 Å². The smallest absolute Gasteiger partial charge is 0.303 e. The minimum Gasteiger partial charge on any atom is -0.481 e. The summed E-state index contributed by atoms with van der Waals surface area (Å²) in [4.78, 5) is 10.4. The topological polar surface area (TPSA) is 49.3 Å². The van der Waals surface area contributed by atoms with E-state index in [1.165, 1.54) is 11.1 Å². The number of hydrogen-bond donors (Lipinski definition) is 2. The number of hydrogen-bond acceptors (Lipinski definition) is 2. The van der Waals surface area contributed by atoms with Crippen LogP contribution >= 0.6 is 15.9 Å². The van der Waals surface area contributed by atoms with Crippen LogP contribution in [-0.2, 0) is 11.2 Å². The maximum absolute atomic E-state index is 10.4. The summed E-state index contributed by atoms with van der Waals surface area (Å²) in [7, 11) is 0. The fourth-order valence-corrected chi connectivity index (χ4v) is 2.72. The number of halogens is 1. The Kier molecular flexibility index (Phi) is 4.18. The number of fused-ring (bicyclic) bond motifs is 1. The molecule has 1 atom stereocenters. The summed E-state index contributed by atoms with van der Waals surface area (Å²) in [6.07, 6.45) is 3.15. The normalized spacial score (nSPS) is 18.1. The first-order valence-electron chi connectivity index (χ1n) is 5.90. The van der Waals surface area contributed by atoms with Gasteiger partial charge in [0.25, 0.3) is 0 Å². The Balaban J connectivity index is 1.87. The minimum absolute atomic E-state index is 0.243. The molecule has 0 saturated carbocycles. The molecule has 0 heterocycles. The van der Waals surface area contributed by atoms with Crippen molar-refractivity contribution in [3.8, 4) is 0 Å². The van der Waals surface area contributed by atoms with Crippen molar-refractivity contribution in [2.75, 3.05) is 6.54 Å². The molecule has 1 aliphatic rings. The number of nitrogens with one attached hydrogen (secondary N) is 1. The number of benzene rings is 1. The Morgan fingerprint density at radius 2 is 2.35 bits per heavy atom. The van der Waals surface area contributed by atoms with Gasteiger partial charge in [0, 0.05) is 16.9 Å². The van der Waals surface area contributed by atoms with Gasteiger partial charge >= 0.3 is 5.97 Å². The zero-order chi connectivity index (χ0) is 12.3. The molecule has 17 heavy (non-hydrogen) atoms. The second-order valence-electron chi connectivity index (χ2n) is 4.39. The fourth-order valence-electron chi connectivity index (χ4n) is 2.31. The molecular formula is C13H16BrNO2. The van der Waals surface area contributed by atoms with E-state index in [-0.39, 0.29) is 6.42 Å². The number of rotatable bonds is 5. The maximum Gasteiger partial charge on any atom is 0.303 e. The van der Waals surface area contributed by atoms with Crippen molar-refractivity contribution in [2.45, 2.75) is 31.7 Å². The van der Waals surface area contributed by atoms with Gasteiger partial charge in [0.1, 0.15) is 0 Å². The molecule has 0 aromatic heterocycles. The Hall–Kier alpha value is -0.870. The van der Waals surface area contributed by atoms with E-state index in [1.807, 2.05) is 0 Å². The van der Waals surface area contributed by atoms with Gasteiger partial charge in [-0.25, -0.2) is 0 Å². The van der Waals surface area contributed by atoms with Crippen molar-refractivity contribution in [1.29, 1.82) is 0 Å². The molecule has 0 saturated heterocycles. The third-order valence-electron chi connectivity index (χ3n) is 3.14. The number of carboxylic acid groups (broad SMARTS) is 1. The first-order chi connectivity index (χ1) is 8.16. The van der Waals surface area contributed by atoms with E-state index in [0.717, 1.165) is 23.9 Å². The van der Waals surface area contributed by atoms with Gasteiger partial charge in [-0.05, 0) is 49.1 Å². The van der Waals surface area contributed by atoms with Crippen LogP contribution in [0, 0.1) is 0 Å². The highest BCUT2D eigenvalue weighted by Gasteiger charge is 2.21. The van der Waals surface area contributed by atoms with Crippen LogP contribution in [0.1, 0.15) is 36.4 Å². The van der Waals surface area contributed by atoms with Crippen LogP contribution in [0.2, 0.25) is 0 Å². The molecule has 0 spiro atoms. The van der Waals surface area contributed by atoms with Gasteiger partial charge in [-0.2, -0.15) is 0 Å². The van der Waals surface area contributed by atoms with Crippen molar-refractivity contribution in [3.05, 3.63) is 33.8 Å². The number of aryl methyl sites for hydroxylation is 1. The predicted octanol–water partition coefficient (Wildman–Crippen LogP) is 2.89. The van der Waals surface area contributed by atoms with Gasteiger partial charge in [-0.3, -0.25) is 4.79 Å². The lowest BCUT2D eigenvalue weighted by atomic mass is 10.1. The van der Waals surface area contributed by atoms with E-state index in [9.17, 15) is 4.79 Å². The van der Waals surface area contributed by atoms with E-state index in [0.29, 0.717) is 12.5 Å². The van der Waals surface area contributed by atoms with E-state index >= 15 is 0 Å². The third-order valence-corrected chi connectivity index (χ3v) is 3.63. The van der Waals surface area contributed by atoms with Gasteiger partial charge in [0.2, 0.25) is 0 Å². The molecule has 0 radical (unpaired) electrons. The quantitative estimate of drug-likeness (QED) is 0.822. The van der Waals surface area contributed by atoms with Crippen molar-refractivity contribution < 1.29 is 9.90 Å². The van der Waals surface area contributed by atoms with E-state index in [1.54, 1.807) is 0 Å². The van der Waals surface area contributed by atoms with Crippen LogP contribution in [-0.4, -0.2) is 17.6 Å². The van der Waals surface area contributed by atoms with Crippen LogP contribution in [0.25, 0.3) is 0 Å². The average Bonchev–Trinajstić information content (AvgIpc) is 2.66. The zero-order valence-electron chi connectivity index (χ0n) is 9.58. The minimum atomic E-state index is -0.720. The summed E-state index contributed by atoms with van der Waals surface area (Å²) in [6, 6.07) is 6.79. The molecule has 1 aromatic rings. The van der Waals surface area contributed by atoms with Crippen LogP contribution < -0.4 is 5.32 Å². The molecular weight excluding hydrogens is 282 g/mol. The zero-order valence-corrected chi connectivity index (χ0v) is 11.2. The second-order valence-corrected chi connectivity index (χ2v) is 5.30. The highest BCUT2D eigenvalue weighted by Crippen LogP contribution is 2.32. The van der Waals surface area contributed by atoms with Crippen LogP contribution in [0.3, 0.4) is 0 Å². The van der Waals surface area contributed by atoms with E-state index < -0.39 is 5.97 Å². The first kappa shape index (κ1) is 12.6. The van der Waals surface area contributed by atoms with E-state index in [4.69, 9.17) is 5.11 Å². The number of carboxylic acids is 1. The molecule has 2 rings (SSSR count). The highest BCUT2D eigenvalue weighted by atomic mass is 79.9. The first-order valence-corrected chi connectivity index (χ1v) is 6.69. The lowest BCUT2D eigenvalue weighted by molar-refractivity contribution is -0.137. The summed E-state index contributed by atoms with van der Waals surface area (Å²) in [5, 5.41) is 12.0. The molecule has 1 aromatic carbocycles. The van der Waals surface area contributed by atoms with Gasteiger partial charge in [0.05, 0.1) is 0 Å². The van der Waals surface area contributed by atoms with Gasteiger partial charge < -0.3 is 10.4 Å². The molecule has 4 heteroatoms. The lowest BCUT2D eigenvalue weighted by Crippen LogP contribution is -2.21. The summed E-state index contributed by atoms with van der Waals surface area (Å²) < 4.78 is 1.13. The number of aliphatic carboxylic acids is 1. The maximum atomic E-state index is 10.4. The predicted molar refractivity (Wildman–Crippen MR) is 70.1 cm³/mol. The summed E-state index contributed by atoms with van der Waals surface area (Å²) >= 11 is 3.48. The second kappa shape index (κ2) is 5.65. The Morgan fingerprint density at radius 3 is 3.12 bits per heavy atom. The Morgan fingerprint density at radius 1 is 1.53 bits per heavy atom. The molecule has 2 N–H and O–H groups in total. The van der Waals surface area contributed by atoms with Crippen molar-refractivity contribution in [1.82, 2.24) is 5.32 Å². The van der Waals surface area contributed by atoms with Gasteiger partial charge in [-0.15, -0.1) is 0 Å². The molecule has 0 fully saturated rings. The largest absolute Gasteiger partial charge is 0.481 e. The van der Waals surface area contributed by atoms with Crippen molar-refractivity contribution >= 4 is 21.9 Å². The fraction of sp³-hybridized carbons (Fsp3) is 0.462. The van der Waals surface area contributed by atoms with Gasteiger partial charge in [0.15, 0.2) is 0 Å². The van der Waals surface area contributed by atoms with Crippen molar-refractivity contribution in [2.24, 2.45) is 0 Å². The molecule has 1 aliphatic carbocycles. The number of carbonyl (C=O) groups is 1. The molecule has 0 amide bonds. The summed E-state index contributed by atoms with van der Waals surface area (Å²) in [5.74, 6) is -0.720. The highest BCUT2D eigenvalue weighted by molar-refractivity contribution is 9.10. The molecule has 0 aliphatic heterocycles. The standard InChI is InChI=1S/C13H16BrNO2/c14-10-4-5-11-9(8-10)3-6-12(11)15-7-1-2-13(16)17/h4-5,8,12,15H,1-3,6-7H2,(H,16,17). The third kappa shape index (κ3) is 3.30. The lowest BCUT2D eigenvalue weighted by Gasteiger charge is -2.13. The Labute approximate surface area is 109 Å². The summed E-state index contributed by atoms with van der Waals surface area (Å²) in [5.41, 5.74) is 2.76. The SMILES string of the molecule is O=C(O)CCCNC1CCc2cc(Br)ccc21. The summed E-state index contributed by atoms with van der Waals surface area (Å²) in [6.45, 7) is 0.770.